The highest BCUT2D eigenvalue weighted by atomic mass is 35.5. The third kappa shape index (κ3) is 6.79. The number of hydrogen-bond acceptors (Lipinski definition) is 9. The van der Waals surface area contributed by atoms with Crippen molar-refractivity contribution in [2.75, 3.05) is 19.6 Å². The van der Waals surface area contributed by atoms with E-state index >= 15 is 0 Å². The van der Waals surface area contributed by atoms with Gasteiger partial charge in [0.05, 0.1) is 24.0 Å². The molecule has 19 heteroatoms. The molecule has 6 rings (SSSR count). The third-order valence-electron chi connectivity index (χ3n) is 7.91. The molecule has 1 saturated carbocycles. The minimum atomic E-state index is -5.02. The van der Waals surface area contributed by atoms with Crippen LogP contribution >= 0.6 is 11.6 Å². The van der Waals surface area contributed by atoms with Crippen molar-refractivity contribution in [2.45, 2.75) is 50.7 Å². The SMILES string of the molecule is CC1(NC(=O)c2ccncc2-n2nc(Cn3nc(-c4ccc(Cl)cc4)n(C[C@H](O)C(F)(F)F)c3=O)nc2C(=O)N2CCNC(=O)C2)CC1. The van der Waals surface area contributed by atoms with Crippen molar-refractivity contribution in [1.29, 1.82) is 0 Å². The molecule has 4 heterocycles. The van der Waals surface area contributed by atoms with Crippen LogP contribution in [0.25, 0.3) is 17.1 Å². The summed E-state index contributed by atoms with van der Waals surface area (Å²) in [5.74, 6) is -2.23. The Morgan fingerprint density at radius 3 is 2.54 bits per heavy atom. The van der Waals surface area contributed by atoms with E-state index in [9.17, 15) is 37.5 Å². The summed E-state index contributed by atoms with van der Waals surface area (Å²) in [6, 6.07) is 7.24. The number of amides is 3. The Balaban J connectivity index is 1.42. The van der Waals surface area contributed by atoms with Crippen LogP contribution in [0.15, 0.2) is 47.5 Å². The van der Waals surface area contributed by atoms with Gasteiger partial charge in [-0.1, -0.05) is 11.6 Å². The number of halogens is 4. The van der Waals surface area contributed by atoms with Gasteiger partial charge in [-0.05, 0) is 50.1 Å². The highest BCUT2D eigenvalue weighted by Gasteiger charge is 2.40. The van der Waals surface area contributed by atoms with Gasteiger partial charge in [0.2, 0.25) is 11.7 Å². The quantitative estimate of drug-likeness (QED) is 0.232. The second kappa shape index (κ2) is 12.5. The molecule has 1 saturated heterocycles. The largest absolute Gasteiger partial charge is 0.416 e. The molecular formula is C29H28ClF3N10O5. The van der Waals surface area contributed by atoms with Crippen molar-refractivity contribution in [1.82, 2.24) is 49.6 Å². The fourth-order valence-corrected chi connectivity index (χ4v) is 5.14. The van der Waals surface area contributed by atoms with Crippen LogP contribution in [-0.4, -0.2) is 99.3 Å². The monoisotopic (exact) mass is 688 g/mol. The predicted molar refractivity (Wildman–Crippen MR) is 161 cm³/mol. The number of carbonyl (C=O) groups excluding carboxylic acids is 3. The van der Waals surface area contributed by atoms with Crippen LogP contribution in [0, 0.1) is 0 Å². The van der Waals surface area contributed by atoms with Crippen molar-refractivity contribution < 1.29 is 32.7 Å². The molecule has 0 unspecified atom stereocenters. The molecule has 1 aliphatic heterocycles. The van der Waals surface area contributed by atoms with Crippen LogP contribution < -0.4 is 16.3 Å². The Morgan fingerprint density at radius 2 is 1.88 bits per heavy atom. The molecule has 1 aliphatic carbocycles. The Bertz CT molecular complexity index is 1950. The molecule has 4 aromatic rings. The zero-order valence-electron chi connectivity index (χ0n) is 25.2. The number of aromatic nitrogens is 7. The average Bonchev–Trinajstić information content (AvgIpc) is 3.49. The molecule has 3 amide bonds. The van der Waals surface area contributed by atoms with Crippen LogP contribution in [0.2, 0.25) is 5.02 Å². The summed E-state index contributed by atoms with van der Waals surface area (Å²) >= 11 is 5.96. The smallest absolute Gasteiger partial charge is 0.382 e. The number of hydrogen-bond donors (Lipinski definition) is 3. The summed E-state index contributed by atoms with van der Waals surface area (Å²) in [6.07, 6.45) is -3.64. The van der Waals surface area contributed by atoms with Gasteiger partial charge < -0.3 is 20.6 Å². The van der Waals surface area contributed by atoms with E-state index in [1.807, 2.05) is 6.92 Å². The number of aliphatic hydroxyl groups is 1. The summed E-state index contributed by atoms with van der Waals surface area (Å²) in [5, 5.41) is 24.3. The van der Waals surface area contributed by atoms with Gasteiger partial charge >= 0.3 is 11.9 Å². The first-order valence-electron chi connectivity index (χ1n) is 14.7. The lowest BCUT2D eigenvalue weighted by Crippen LogP contribution is -2.50. The summed E-state index contributed by atoms with van der Waals surface area (Å²) < 4.78 is 42.5. The normalized spacial score (nSPS) is 16.4. The second-order valence-corrected chi connectivity index (χ2v) is 12.1. The number of nitrogens with zero attached hydrogens (tertiary/aromatic N) is 8. The van der Waals surface area contributed by atoms with E-state index in [2.05, 4.69) is 30.8 Å². The minimum absolute atomic E-state index is 0.0795. The standard InChI is InChI=1S/C29H28ClF3N10O5/c1-28(7-8-28)37-25(46)18-6-9-34-12-19(18)43-24(26(47)40-11-10-35-22(45)15-40)36-21(38-43)14-42-27(48)41(13-20(44)29(31,32)33)23(39-42)16-2-4-17(30)5-3-16/h2-6,9,12,20,44H,7-8,10-11,13-15H2,1H3,(H,35,45)(H,37,46)/t20-/m0/s1. The van der Waals surface area contributed by atoms with Gasteiger partial charge in [0, 0.05) is 35.4 Å². The Morgan fingerprint density at radius 1 is 1.15 bits per heavy atom. The summed E-state index contributed by atoms with van der Waals surface area (Å²) in [4.78, 5) is 62.3. The van der Waals surface area contributed by atoms with Crippen molar-refractivity contribution in [3.63, 3.8) is 0 Å². The van der Waals surface area contributed by atoms with Crippen LogP contribution in [0.1, 0.15) is 46.6 Å². The number of aliphatic hydroxyl groups excluding tert-OH is 1. The van der Waals surface area contributed by atoms with E-state index in [1.54, 1.807) is 0 Å². The maximum absolute atomic E-state index is 13.7. The van der Waals surface area contributed by atoms with Crippen LogP contribution in [0.4, 0.5) is 13.2 Å². The molecule has 1 aromatic carbocycles. The molecule has 252 valence electrons. The van der Waals surface area contributed by atoms with Crippen molar-refractivity contribution in [2.24, 2.45) is 0 Å². The number of nitrogens with one attached hydrogen (secondary N) is 2. The molecule has 0 spiro atoms. The highest BCUT2D eigenvalue weighted by molar-refractivity contribution is 6.30. The van der Waals surface area contributed by atoms with Gasteiger partial charge in [0.1, 0.15) is 13.1 Å². The van der Waals surface area contributed by atoms with Crippen molar-refractivity contribution >= 4 is 29.3 Å². The lowest BCUT2D eigenvalue weighted by molar-refractivity contribution is -0.207. The first kappa shape index (κ1) is 32.8. The van der Waals surface area contributed by atoms with Gasteiger partial charge in [-0.15, -0.1) is 10.2 Å². The van der Waals surface area contributed by atoms with E-state index in [0.717, 1.165) is 22.2 Å². The maximum Gasteiger partial charge on any atom is 0.416 e. The third-order valence-corrected chi connectivity index (χ3v) is 8.16. The van der Waals surface area contributed by atoms with Gasteiger partial charge in [-0.25, -0.2) is 19.1 Å². The molecule has 1 atom stereocenters. The minimum Gasteiger partial charge on any atom is -0.382 e. The molecular weight excluding hydrogens is 661 g/mol. The molecule has 2 fully saturated rings. The number of alkyl halides is 3. The zero-order valence-corrected chi connectivity index (χ0v) is 26.0. The molecule has 3 aromatic heterocycles. The van der Waals surface area contributed by atoms with Gasteiger partial charge in [0.15, 0.2) is 17.8 Å². The van der Waals surface area contributed by atoms with Crippen molar-refractivity contribution in [3.8, 4) is 17.1 Å². The van der Waals surface area contributed by atoms with Crippen LogP contribution in [0.3, 0.4) is 0 Å². The highest BCUT2D eigenvalue weighted by Crippen LogP contribution is 2.35. The molecule has 0 bridgehead atoms. The van der Waals surface area contributed by atoms with Gasteiger partial charge in [0.25, 0.3) is 11.8 Å². The van der Waals surface area contributed by atoms with Crippen molar-refractivity contribution in [3.05, 3.63) is 75.4 Å². The first-order chi connectivity index (χ1) is 22.7. The summed E-state index contributed by atoms with van der Waals surface area (Å²) in [5.41, 5.74) is -0.979. The van der Waals surface area contributed by atoms with E-state index in [-0.39, 0.29) is 59.5 Å². The molecule has 15 nitrogen and oxygen atoms in total. The Kier molecular flexibility index (Phi) is 8.54. The molecule has 48 heavy (non-hydrogen) atoms. The Labute approximate surface area is 274 Å². The van der Waals surface area contributed by atoms with E-state index < -0.39 is 48.8 Å². The number of benzene rings is 1. The Hall–Kier alpha value is -5.10. The van der Waals surface area contributed by atoms with E-state index in [1.165, 1.54) is 47.6 Å². The number of pyridine rings is 1. The van der Waals surface area contributed by atoms with Crippen LogP contribution in [-0.2, 0) is 17.9 Å². The van der Waals surface area contributed by atoms with Gasteiger partial charge in [-0.3, -0.25) is 23.9 Å². The molecule has 2 aliphatic rings. The number of rotatable bonds is 9. The fraction of sp³-hybridized carbons (Fsp3) is 0.379. The first-order valence-corrected chi connectivity index (χ1v) is 15.1. The number of carbonyl (C=O) groups is 3. The average molecular weight is 689 g/mol. The maximum atomic E-state index is 13.7. The number of piperazine rings is 1. The topological polar surface area (TPSA) is 182 Å². The summed E-state index contributed by atoms with van der Waals surface area (Å²) in [7, 11) is 0. The lowest BCUT2D eigenvalue weighted by atomic mass is 10.2. The molecule has 0 radical (unpaired) electrons. The zero-order chi connectivity index (χ0) is 34.4. The lowest BCUT2D eigenvalue weighted by Gasteiger charge is -2.26. The van der Waals surface area contributed by atoms with E-state index in [4.69, 9.17) is 11.6 Å². The van der Waals surface area contributed by atoms with E-state index in [0.29, 0.717) is 9.59 Å². The van der Waals surface area contributed by atoms with Crippen LogP contribution in [0.5, 0.6) is 0 Å². The predicted octanol–water partition coefficient (Wildman–Crippen LogP) is 1.17. The molecule has 3 N–H and O–H groups in total. The fourth-order valence-electron chi connectivity index (χ4n) is 5.01. The summed E-state index contributed by atoms with van der Waals surface area (Å²) in [6.45, 7) is 0.280. The second-order valence-electron chi connectivity index (χ2n) is 11.7. The van der Waals surface area contributed by atoms with Gasteiger partial charge in [-0.2, -0.15) is 13.2 Å².